The van der Waals surface area contributed by atoms with E-state index < -0.39 is 5.92 Å². The van der Waals surface area contributed by atoms with Gasteiger partial charge in [-0.25, -0.2) is 8.78 Å². The van der Waals surface area contributed by atoms with Gasteiger partial charge in [-0.05, 0) is 38.9 Å². The number of likely N-dealkylation sites (tertiary alicyclic amines) is 1. The molecule has 0 atom stereocenters. The van der Waals surface area contributed by atoms with Crippen molar-refractivity contribution in [1.29, 1.82) is 0 Å². The lowest BCUT2D eigenvalue weighted by Gasteiger charge is -2.39. The van der Waals surface area contributed by atoms with Crippen LogP contribution in [0.1, 0.15) is 25.7 Å². The average molecular weight is 241 g/mol. The van der Waals surface area contributed by atoms with Gasteiger partial charge in [0.1, 0.15) is 0 Å². The molecule has 0 aromatic heterocycles. The standard InChI is InChI=1S/C10H18F2N2.ClH/c11-10(12)4-1-7-14(8-10)9-2-5-13-6-3-9;/h9,13H,1-8H2;1H. The summed E-state index contributed by atoms with van der Waals surface area (Å²) >= 11 is 0. The van der Waals surface area contributed by atoms with Gasteiger partial charge in [-0.2, -0.15) is 0 Å². The van der Waals surface area contributed by atoms with E-state index >= 15 is 0 Å². The molecule has 0 bridgehead atoms. The molecule has 2 rings (SSSR count). The summed E-state index contributed by atoms with van der Waals surface area (Å²) in [7, 11) is 0. The lowest BCUT2D eigenvalue weighted by atomic mass is 9.99. The van der Waals surface area contributed by atoms with Crippen LogP contribution in [0.25, 0.3) is 0 Å². The second kappa shape index (κ2) is 5.41. The Kier molecular flexibility index (Phi) is 4.74. The summed E-state index contributed by atoms with van der Waals surface area (Å²) in [4.78, 5) is 1.99. The van der Waals surface area contributed by atoms with Gasteiger partial charge in [0.2, 0.25) is 0 Å². The molecule has 2 saturated heterocycles. The molecular formula is C10H19ClF2N2. The highest BCUT2D eigenvalue weighted by atomic mass is 35.5. The molecule has 90 valence electrons. The minimum absolute atomic E-state index is 0. The molecule has 0 spiro atoms. The van der Waals surface area contributed by atoms with Gasteiger partial charge in [0.25, 0.3) is 5.92 Å². The highest BCUT2D eigenvalue weighted by molar-refractivity contribution is 5.85. The number of piperidine rings is 2. The van der Waals surface area contributed by atoms with Crippen molar-refractivity contribution in [3.63, 3.8) is 0 Å². The molecule has 0 aromatic carbocycles. The van der Waals surface area contributed by atoms with E-state index in [4.69, 9.17) is 0 Å². The molecule has 0 radical (unpaired) electrons. The molecule has 1 N–H and O–H groups in total. The van der Waals surface area contributed by atoms with Crippen LogP contribution in [0.2, 0.25) is 0 Å². The number of nitrogens with one attached hydrogen (secondary N) is 1. The minimum atomic E-state index is -2.44. The number of halogens is 3. The van der Waals surface area contributed by atoms with E-state index in [-0.39, 0.29) is 25.4 Å². The molecular weight excluding hydrogens is 222 g/mol. The molecule has 0 amide bonds. The summed E-state index contributed by atoms with van der Waals surface area (Å²) in [6, 6.07) is 0.391. The van der Waals surface area contributed by atoms with Crippen molar-refractivity contribution >= 4 is 12.4 Å². The third kappa shape index (κ3) is 3.54. The molecule has 15 heavy (non-hydrogen) atoms. The lowest BCUT2D eigenvalue weighted by molar-refractivity contribution is -0.0776. The zero-order valence-electron chi connectivity index (χ0n) is 8.85. The van der Waals surface area contributed by atoms with Crippen molar-refractivity contribution in [2.24, 2.45) is 0 Å². The molecule has 2 aliphatic rings. The van der Waals surface area contributed by atoms with Crippen LogP contribution in [-0.2, 0) is 0 Å². The minimum Gasteiger partial charge on any atom is -0.317 e. The van der Waals surface area contributed by atoms with Crippen LogP contribution in [0.3, 0.4) is 0 Å². The smallest absolute Gasteiger partial charge is 0.260 e. The SMILES string of the molecule is Cl.FC1(F)CCCN(C2CCNCC2)C1. The Bertz CT molecular complexity index is 196. The van der Waals surface area contributed by atoms with E-state index in [0.717, 1.165) is 32.5 Å². The summed E-state index contributed by atoms with van der Waals surface area (Å²) in [5, 5.41) is 3.26. The number of alkyl halides is 2. The van der Waals surface area contributed by atoms with Gasteiger partial charge in [0, 0.05) is 12.5 Å². The fourth-order valence-corrected chi connectivity index (χ4v) is 2.48. The van der Waals surface area contributed by atoms with E-state index in [0.29, 0.717) is 12.5 Å². The lowest BCUT2D eigenvalue weighted by Crippen LogP contribution is -2.50. The third-order valence-corrected chi connectivity index (χ3v) is 3.25. The molecule has 0 aromatic rings. The van der Waals surface area contributed by atoms with Gasteiger partial charge in [0.15, 0.2) is 0 Å². The molecule has 2 aliphatic heterocycles. The molecule has 5 heteroatoms. The summed E-state index contributed by atoms with van der Waals surface area (Å²) in [6.45, 7) is 2.80. The maximum absolute atomic E-state index is 13.2. The normalized spacial score (nSPS) is 28.4. The van der Waals surface area contributed by atoms with Crippen molar-refractivity contribution in [1.82, 2.24) is 10.2 Å². The molecule has 2 fully saturated rings. The molecule has 0 aliphatic carbocycles. The number of hydrogen-bond donors (Lipinski definition) is 1. The first kappa shape index (κ1) is 13.1. The van der Waals surface area contributed by atoms with Crippen LogP contribution in [0.4, 0.5) is 8.78 Å². The Labute approximate surface area is 95.8 Å². The average Bonchev–Trinajstić information content (AvgIpc) is 2.18. The van der Waals surface area contributed by atoms with Crippen LogP contribution in [-0.4, -0.2) is 43.0 Å². The van der Waals surface area contributed by atoms with Crippen LogP contribution in [0.15, 0.2) is 0 Å². The first-order valence-electron chi connectivity index (χ1n) is 5.50. The fraction of sp³-hybridized carbons (Fsp3) is 1.00. The summed E-state index contributed by atoms with van der Waals surface area (Å²) in [6.07, 6.45) is 2.78. The number of nitrogens with zero attached hydrogens (tertiary/aromatic N) is 1. The number of rotatable bonds is 1. The van der Waals surface area contributed by atoms with Gasteiger partial charge in [-0.3, -0.25) is 4.90 Å². The first-order chi connectivity index (χ1) is 6.67. The van der Waals surface area contributed by atoms with E-state index in [1.165, 1.54) is 0 Å². The summed E-state index contributed by atoms with van der Waals surface area (Å²) in [5.74, 6) is -2.44. The second-order valence-electron chi connectivity index (χ2n) is 4.41. The molecule has 2 heterocycles. The van der Waals surface area contributed by atoms with E-state index in [1.807, 2.05) is 4.90 Å². The predicted molar refractivity (Wildman–Crippen MR) is 58.9 cm³/mol. The maximum atomic E-state index is 13.2. The van der Waals surface area contributed by atoms with Crippen LogP contribution in [0, 0.1) is 0 Å². The van der Waals surface area contributed by atoms with Gasteiger partial charge in [-0.1, -0.05) is 0 Å². The van der Waals surface area contributed by atoms with Crippen molar-refractivity contribution < 1.29 is 8.78 Å². The van der Waals surface area contributed by atoms with Gasteiger partial charge in [0.05, 0.1) is 6.54 Å². The second-order valence-corrected chi connectivity index (χ2v) is 4.41. The van der Waals surface area contributed by atoms with Crippen LogP contribution in [0.5, 0.6) is 0 Å². The summed E-state index contributed by atoms with van der Waals surface area (Å²) < 4.78 is 26.3. The molecule has 0 saturated carbocycles. The van der Waals surface area contributed by atoms with Crippen LogP contribution < -0.4 is 5.32 Å². The van der Waals surface area contributed by atoms with E-state index in [1.54, 1.807) is 0 Å². The van der Waals surface area contributed by atoms with E-state index in [2.05, 4.69) is 5.32 Å². The van der Waals surface area contributed by atoms with E-state index in [9.17, 15) is 8.78 Å². The molecule has 2 nitrogen and oxygen atoms in total. The Morgan fingerprint density at radius 3 is 2.47 bits per heavy atom. The van der Waals surface area contributed by atoms with Crippen molar-refractivity contribution in [2.45, 2.75) is 37.6 Å². The van der Waals surface area contributed by atoms with Crippen molar-refractivity contribution in [3.8, 4) is 0 Å². The highest BCUT2D eigenvalue weighted by Crippen LogP contribution is 2.29. The largest absolute Gasteiger partial charge is 0.317 e. The topological polar surface area (TPSA) is 15.3 Å². The summed E-state index contributed by atoms with van der Waals surface area (Å²) in [5.41, 5.74) is 0. The van der Waals surface area contributed by atoms with Crippen LogP contribution >= 0.6 is 12.4 Å². The molecule has 0 unspecified atom stereocenters. The Morgan fingerprint density at radius 2 is 1.87 bits per heavy atom. The maximum Gasteiger partial charge on any atom is 0.260 e. The monoisotopic (exact) mass is 240 g/mol. The zero-order valence-corrected chi connectivity index (χ0v) is 9.66. The number of hydrogen-bond acceptors (Lipinski definition) is 2. The first-order valence-corrected chi connectivity index (χ1v) is 5.50. The Morgan fingerprint density at radius 1 is 1.20 bits per heavy atom. The third-order valence-electron chi connectivity index (χ3n) is 3.25. The van der Waals surface area contributed by atoms with Crippen molar-refractivity contribution in [3.05, 3.63) is 0 Å². The fourth-order valence-electron chi connectivity index (χ4n) is 2.48. The Balaban J connectivity index is 0.00000112. The van der Waals surface area contributed by atoms with Crippen molar-refractivity contribution in [2.75, 3.05) is 26.2 Å². The Hall–Kier alpha value is 0.0700. The quantitative estimate of drug-likeness (QED) is 0.753. The van der Waals surface area contributed by atoms with Gasteiger partial charge in [-0.15, -0.1) is 12.4 Å². The zero-order chi connectivity index (χ0) is 10.0. The van der Waals surface area contributed by atoms with Gasteiger partial charge < -0.3 is 5.32 Å². The van der Waals surface area contributed by atoms with Gasteiger partial charge >= 0.3 is 0 Å². The highest BCUT2D eigenvalue weighted by Gasteiger charge is 2.37. The predicted octanol–water partition coefficient (Wildman–Crippen LogP) is 1.89.